The number of hydrogen-bond donors (Lipinski definition) is 3. The predicted molar refractivity (Wildman–Crippen MR) is 233 cm³/mol. The first-order chi connectivity index (χ1) is 27.7. The van der Waals surface area contributed by atoms with Crippen molar-refractivity contribution in [2.45, 2.75) is 167 Å². The molecule has 1 unspecified atom stereocenters. The van der Waals surface area contributed by atoms with Crippen LogP contribution in [0.3, 0.4) is 0 Å². The second-order valence-electron chi connectivity index (χ2n) is 14.0. The molecule has 0 aliphatic heterocycles. The fraction of sp³-hybridized carbons (Fsp3) is 0.652. The third-order valence-electron chi connectivity index (χ3n) is 8.52. The van der Waals surface area contributed by atoms with E-state index in [0.29, 0.717) is 12.8 Å². The molecule has 3 atom stereocenters. The Labute approximate surface area is 345 Å². The van der Waals surface area contributed by atoms with Gasteiger partial charge in [0, 0.05) is 12.8 Å². The molecule has 3 N–H and O–H groups in total. The van der Waals surface area contributed by atoms with Crippen LogP contribution >= 0.6 is 7.82 Å². The molecular formula is C46H77O10P. The number of hydrogen-bond acceptors (Lipinski definition) is 9. The van der Waals surface area contributed by atoms with Crippen LogP contribution in [-0.2, 0) is 32.7 Å². The summed E-state index contributed by atoms with van der Waals surface area (Å²) in [6.45, 7) is 2.22. The number of allylic oxidation sites excluding steroid dienone is 14. The van der Waals surface area contributed by atoms with Gasteiger partial charge in [-0.2, -0.15) is 0 Å². The quantitative estimate of drug-likeness (QED) is 0.0237. The lowest BCUT2D eigenvalue weighted by molar-refractivity contribution is -0.161. The van der Waals surface area contributed by atoms with E-state index in [4.69, 9.17) is 19.1 Å². The normalized spacial score (nSPS) is 14.7. The van der Waals surface area contributed by atoms with Gasteiger partial charge in [0.15, 0.2) is 6.10 Å². The Bertz CT molecular complexity index is 1220. The summed E-state index contributed by atoms with van der Waals surface area (Å²) in [7, 11) is -4.64. The van der Waals surface area contributed by atoms with Crippen LogP contribution in [0.4, 0.5) is 0 Å². The summed E-state index contributed by atoms with van der Waals surface area (Å²) in [5.74, 6) is -1.01. The number of unbranched alkanes of at least 4 members (excludes halogenated alkanes) is 11. The number of aliphatic hydroxyl groups excluding tert-OH is 2. The molecule has 0 radical (unpaired) electrons. The molecule has 0 heterocycles. The summed E-state index contributed by atoms with van der Waals surface area (Å²) in [6, 6.07) is 0. The predicted octanol–water partition coefficient (Wildman–Crippen LogP) is 11.4. The van der Waals surface area contributed by atoms with Crippen LogP contribution in [0.15, 0.2) is 85.1 Å². The Morgan fingerprint density at radius 2 is 0.912 bits per heavy atom. The zero-order valence-corrected chi connectivity index (χ0v) is 36.2. The molecule has 0 aromatic rings. The van der Waals surface area contributed by atoms with Crippen molar-refractivity contribution in [2.24, 2.45) is 0 Å². The first-order valence-electron chi connectivity index (χ1n) is 21.5. The molecule has 0 aromatic carbocycles. The minimum atomic E-state index is -4.64. The van der Waals surface area contributed by atoms with E-state index < -0.39 is 51.8 Å². The number of esters is 2. The van der Waals surface area contributed by atoms with Gasteiger partial charge in [-0.15, -0.1) is 0 Å². The van der Waals surface area contributed by atoms with Gasteiger partial charge < -0.3 is 24.6 Å². The summed E-state index contributed by atoms with van der Waals surface area (Å²) in [5.41, 5.74) is 0. The second kappa shape index (κ2) is 41.3. The fourth-order valence-electron chi connectivity index (χ4n) is 5.16. The van der Waals surface area contributed by atoms with Crippen molar-refractivity contribution in [1.29, 1.82) is 0 Å². The fourth-order valence-corrected chi connectivity index (χ4v) is 5.95. The molecule has 326 valence electrons. The van der Waals surface area contributed by atoms with Gasteiger partial charge in [-0.3, -0.25) is 18.6 Å². The average Bonchev–Trinajstić information content (AvgIpc) is 3.20. The first kappa shape index (κ1) is 54.2. The minimum absolute atomic E-state index is 0.123. The van der Waals surface area contributed by atoms with Crippen molar-refractivity contribution in [3.8, 4) is 0 Å². The van der Waals surface area contributed by atoms with Crippen LogP contribution in [0.25, 0.3) is 0 Å². The summed E-state index contributed by atoms with van der Waals surface area (Å²) in [6.07, 6.45) is 48.3. The van der Waals surface area contributed by atoms with E-state index in [1.807, 2.05) is 0 Å². The Balaban J connectivity index is 4.44. The highest BCUT2D eigenvalue weighted by Gasteiger charge is 2.27. The minimum Gasteiger partial charge on any atom is -0.462 e. The maximum Gasteiger partial charge on any atom is 0.472 e. The zero-order valence-electron chi connectivity index (χ0n) is 35.3. The third-order valence-corrected chi connectivity index (χ3v) is 9.47. The number of aliphatic hydroxyl groups is 2. The average molecular weight is 821 g/mol. The van der Waals surface area contributed by atoms with Crippen molar-refractivity contribution >= 4 is 19.8 Å². The Morgan fingerprint density at radius 1 is 0.526 bits per heavy atom. The van der Waals surface area contributed by atoms with Crippen LogP contribution in [0.5, 0.6) is 0 Å². The summed E-state index contributed by atoms with van der Waals surface area (Å²) < 4.78 is 32.6. The van der Waals surface area contributed by atoms with Gasteiger partial charge in [0.25, 0.3) is 0 Å². The second-order valence-corrected chi connectivity index (χ2v) is 15.5. The lowest BCUT2D eigenvalue weighted by atomic mass is 10.1. The van der Waals surface area contributed by atoms with E-state index in [9.17, 15) is 24.2 Å². The number of carbonyl (C=O) groups excluding carboxylic acids is 2. The van der Waals surface area contributed by atoms with Gasteiger partial charge >= 0.3 is 19.8 Å². The Kier molecular flexibility index (Phi) is 39.2. The number of carbonyl (C=O) groups is 2. The van der Waals surface area contributed by atoms with E-state index in [-0.39, 0.29) is 19.4 Å². The molecule has 0 saturated carbocycles. The molecule has 0 aliphatic rings. The monoisotopic (exact) mass is 821 g/mol. The van der Waals surface area contributed by atoms with Crippen molar-refractivity contribution in [3.05, 3.63) is 85.1 Å². The van der Waals surface area contributed by atoms with Gasteiger partial charge in [-0.25, -0.2) is 4.57 Å². The number of phosphoric acid groups is 1. The van der Waals surface area contributed by atoms with Crippen LogP contribution in [0.1, 0.15) is 155 Å². The topological polar surface area (TPSA) is 149 Å². The van der Waals surface area contributed by atoms with E-state index in [2.05, 4.69) is 103 Å². The van der Waals surface area contributed by atoms with E-state index >= 15 is 0 Å². The maximum atomic E-state index is 12.6. The molecule has 0 aliphatic carbocycles. The van der Waals surface area contributed by atoms with E-state index in [0.717, 1.165) is 70.6 Å². The SMILES string of the molecule is CCCCC/C=C\C/C=C\C/C=C\C/C=C\CCCCCC(=O)OC[C@H](COP(=O)(O)OC[C@@H](O)CO)OC(=O)CCCC/C=C\C/C=C\C/C=C\CCCCC. The molecule has 0 saturated heterocycles. The van der Waals surface area contributed by atoms with Crippen LogP contribution in [0, 0.1) is 0 Å². The summed E-state index contributed by atoms with van der Waals surface area (Å²) in [5, 5.41) is 18.3. The Morgan fingerprint density at radius 3 is 1.37 bits per heavy atom. The van der Waals surface area contributed by atoms with Gasteiger partial charge in [0.2, 0.25) is 0 Å². The lowest BCUT2D eigenvalue weighted by Gasteiger charge is -2.20. The highest BCUT2D eigenvalue weighted by Crippen LogP contribution is 2.43. The van der Waals surface area contributed by atoms with Gasteiger partial charge in [0.05, 0.1) is 19.8 Å². The Hall–Kier alpha value is -2.85. The van der Waals surface area contributed by atoms with Crippen LogP contribution in [0.2, 0.25) is 0 Å². The molecule has 0 amide bonds. The largest absolute Gasteiger partial charge is 0.472 e. The molecule has 11 heteroatoms. The highest BCUT2D eigenvalue weighted by molar-refractivity contribution is 7.47. The lowest BCUT2D eigenvalue weighted by Crippen LogP contribution is -2.29. The van der Waals surface area contributed by atoms with Crippen molar-refractivity contribution in [1.82, 2.24) is 0 Å². The van der Waals surface area contributed by atoms with E-state index in [1.165, 1.54) is 44.9 Å². The van der Waals surface area contributed by atoms with Crippen LogP contribution < -0.4 is 0 Å². The number of ether oxygens (including phenoxy) is 2. The maximum absolute atomic E-state index is 12.6. The smallest absolute Gasteiger partial charge is 0.462 e. The van der Waals surface area contributed by atoms with Gasteiger partial charge in [-0.1, -0.05) is 131 Å². The summed E-state index contributed by atoms with van der Waals surface area (Å²) >= 11 is 0. The van der Waals surface area contributed by atoms with Crippen LogP contribution in [-0.4, -0.2) is 65.7 Å². The first-order valence-corrected chi connectivity index (χ1v) is 23.0. The molecular weight excluding hydrogens is 743 g/mol. The standard InChI is InChI=1S/C46H77O10P/c1-3-5-7-9-11-13-15-17-19-20-21-22-24-25-27-29-31-33-35-37-45(49)53-41-44(42-55-57(51,52)54-40-43(48)39-47)56-46(50)38-36-34-32-30-28-26-23-18-16-14-12-10-8-6-4-2/h11-14,17-19,21-23,25,27-28,30,43-44,47-48H,3-10,15-16,20,24,26,29,31-42H2,1-2H3,(H,51,52)/b13-11-,14-12-,19-17-,22-21-,23-18-,27-25-,30-28-/t43-,44+/m0/s1. The third kappa shape index (κ3) is 41.1. The van der Waals surface area contributed by atoms with Crippen molar-refractivity contribution in [3.63, 3.8) is 0 Å². The van der Waals surface area contributed by atoms with Crippen molar-refractivity contribution < 1.29 is 47.8 Å². The van der Waals surface area contributed by atoms with Gasteiger partial charge in [0.1, 0.15) is 12.7 Å². The van der Waals surface area contributed by atoms with Crippen molar-refractivity contribution in [2.75, 3.05) is 26.4 Å². The molecule has 57 heavy (non-hydrogen) atoms. The number of rotatable bonds is 39. The zero-order chi connectivity index (χ0) is 41.9. The molecule has 0 aromatic heterocycles. The molecule has 0 spiro atoms. The van der Waals surface area contributed by atoms with E-state index in [1.54, 1.807) is 0 Å². The molecule has 0 rings (SSSR count). The van der Waals surface area contributed by atoms with Gasteiger partial charge in [-0.05, 0) is 96.3 Å². The molecule has 10 nitrogen and oxygen atoms in total. The highest BCUT2D eigenvalue weighted by atomic mass is 31.2. The number of phosphoric ester groups is 1. The molecule has 0 bridgehead atoms. The molecule has 0 fully saturated rings. The summed E-state index contributed by atoms with van der Waals surface area (Å²) in [4.78, 5) is 35.0.